The SMILES string of the molecule is CC[C@@H](C)N(CC(=O)N(Cc1ccccc1)Cc1cccs1)S(=O)(=O)c1cccc2cccnc12. The van der Waals surface area contributed by atoms with Gasteiger partial charge in [0.15, 0.2) is 0 Å². The number of hydrogen-bond acceptors (Lipinski definition) is 5. The number of hydrogen-bond donors (Lipinski definition) is 0. The van der Waals surface area contributed by atoms with Crippen LogP contribution in [-0.2, 0) is 27.9 Å². The van der Waals surface area contributed by atoms with Crippen LogP contribution < -0.4 is 0 Å². The van der Waals surface area contributed by atoms with Gasteiger partial charge in [0.05, 0.1) is 18.6 Å². The first-order valence-corrected chi connectivity index (χ1v) is 13.9. The van der Waals surface area contributed by atoms with E-state index in [1.807, 2.05) is 73.8 Å². The summed E-state index contributed by atoms with van der Waals surface area (Å²) >= 11 is 1.58. The molecule has 0 aliphatic heterocycles. The Morgan fingerprint density at radius 1 is 0.971 bits per heavy atom. The van der Waals surface area contributed by atoms with Crippen molar-refractivity contribution in [3.05, 3.63) is 94.8 Å². The van der Waals surface area contributed by atoms with Crippen LogP contribution in [0.1, 0.15) is 30.7 Å². The average molecular weight is 508 g/mol. The van der Waals surface area contributed by atoms with Crippen molar-refractivity contribution in [3.63, 3.8) is 0 Å². The predicted octanol–water partition coefficient (Wildman–Crippen LogP) is 5.31. The molecule has 0 unspecified atom stereocenters. The standard InChI is InChI=1S/C27H29N3O3S2/c1-3-21(2)30(35(32,33)25-15-7-12-23-13-8-16-28-27(23)25)20-26(31)29(19-24-14-9-17-34-24)18-22-10-5-4-6-11-22/h4-17,21H,3,18-20H2,1-2H3/t21-/m1/s1. The predicted molar refractivity (Wildman–Crippen MR) is 140 cm³/mol. The lowest BCUT2D eigenvalue weighted by molar-refractivity contribution is -0.133. The molecule has 0 aliphatic rings. The van der Waals surface area contributed by atoms with Crippen molar-refractivity contribution in [2.75, 3.05) is 6.54 Å². The van der Waals surface area contributed by atoms with Gasteiger partial charge in [0.1, 0.15) is 4.90 Å². The fourth-order valence-corrected chi connectivity index (χ4v) is 6.49. The molecule has 0 fully saturated rings. The van der Waals surface area contributed by atoms with Crippen LogP contribution in [0.25, 0.3) is 10.9 Å². The number of fused-ring (bicyclic) bond motifs is 1. The molecule has 2 heterocycles. The lowest BCUT2D eigenvalue weighted by atomic mass is 10.2. The van der Waals surface area contributed by atoms with Crippen LogP contribution in [-0.4, -0.2) is 41.1 Å². The fourth-order valence-electron chi connectivity index (χ4n) is 3.95. The Kier molecular flexibility index (Phi) is 7.95. The molecule has 0 N–H and O–H groups in total. The van der Waals surface area contributed by atoms with Crippen LogP contribution in [0.2, 0.25) is 0 Å². The molecule has 0 saturated carbocycles. The number of rotatable bonds is 10. The van der Waals surface area contributed by atoms with Crippen molar-refractivity contribution in [2.24, 2.45) is 0 Å². The molecule has 0 bridgehead atoms. The topological polar surface area (TPSA) is 70.6 Å². The smallest absolute Gasteiger partial charge is 0.245 e. The molecule has 4 rings (SSSR count). The summed E-state index contributed by atoms with van der Waals surface area (Å²) in [6.07, 6.45) is 2.16. The summed E-state index contributed by atoms with van der Waals surface area (Å²) in [6, 6.07) is 22.1. The third kappa shape index (κ3) is 5.78. The Balaban J connectivity index is 1.67. The Hall–Kier alpha value is -3.07. The second-order valence-electron chi connectivity index (χ2n) is 8.45. The van der Waals surface area contributed by atoms with Crippen molar-refractivity contribution < 1.29 is 13.2 Å². The van der Waals surface area contributed by atoms with Crippen LogP contribution in [0.3, 0.4) is 0 Å². The molecule has 0 aliphatic carbocycles. The summed E-state index contributed by atoms with van der Waals surface area (Å²) in [5.74, 6) is -0.237. The molecule has 0 saturated heterocycles. The zero-order valence-corrected chi connectivity index (χ0v) is 21.5. The van der Waals surface area contributed by atoms with Gasteiger partial charge in [-0.05, 0) is 42.5 Å². The van der Waals surface area contributed by atoms with Crippen molar-refractivity contribution in [1.82, 2.24) is 14.2 Å². The minimum Gasteiger partial charge on any atom is -0.332 e. The first-order valence-electron chi connectivity index (χ1n) is 11.6. The van der Waals surface area contributed by atoms with Crippen LogP contribution in [0, 0.1) is 0 Å². The maximum atomic E-state index is 13.9. The number of pyridine rings is 1. The summed E-state index contributed by atoms with van der Waals surface area (Å²) in [5, 5.41) is 2.72. The molecule has 1 atom stereocenters. The molecular weight excluding hydrogens is 478 g/mol. The second kappa shape index (κ2) is 11.1. The van der Waals surface area contributed by atoms with Gasteiger partial charge in [-0.25, -0.2) is 8.42 Å². The Morgan fingerprint density at radius 3 is 2.46 bits per heavy atom. The van der Waals surface area contributed by atoms with Gasteiger partial charge in [-0.2, -0.15) is 4.31 Å². The highest BCUT2D eigenvalue weighted by atomic mass is 32.2. The molecule has 2 aromatic heterocycles. The lowest BCUT2D eigenvalue weighted by Crippen LogP contribution is -2.46. The van der Waals surface area contributed by atoms with E-state index in [1.165, 1.54) is 4.31 Å². The number of para-hydroxylation sites is 1. The molecule has 8 heteroatoms. The van der Waals surface area contributed by atoms with E-state index in [4.69, 9.17) is 0 Å². The molecule has 182 valence electrons. The van der Waals surface area contributed by atoms with Gasteiger partial charge >= 0.3 is 0 Å². The summed E-state index contributed by atoms with van der Waals surface area (Å²) in [5.41, 5.74) is 1.41. The minimum atomic E-state index is -3.98. The third-order valence-corrected chi connectivity index (χ3v) is 8.90. The first-order chi connectivity index (χ1) is 16.9. The quantitative estimate of drug-likeness (QED) is 0.292. The summed E-state index contributed by atoms with van der Waals surface area (Å²) in [6.45, 7) is 4.35. The van der Waals surface area contributed by atoms with Gasteiger partial charge in [0.2, 0.25) is 15.9 Å². The molecule has 6 nitrogen and oxygen atoms in total. The van der Waals surface area contributed by atoms with Crippen molar-refractivity contribution in [1.29, 1.82) is 0 Å². The third-order valence-electron chi connectivity index (χ3n) is 6.05. The highest BCUT2D eigenvalue weighted by Crippen LogP contribution is 2.26. The molecule has 2 aromatic carbocycles. The molecule has 0 spiro atoms. The van der Waals surface area contributed by atoms with Crippen molar-refractivity contribution in [2.45, 2.75) is 44.3 Å². The van der Waals surface area contributed by atoms with E-state index in [0.29, 0.717) is 25.0 Å². The fraction of sp³-hybridized carbons (Fsp3) is 0.259. The van der Waals surface area contributed by atoms with E-state index in [-0.39, 0.29) is 23.4 Å². The summed E-state index contributed by atoms with van der Waals surface area (Å²) < 4.78 is 29.1. The maximum absolute atomic E-state index is 13.9. The summed E-state index contributed by atoms with van der Waals surface area (Å²) in [7, 11) is -3.98. The van der Waals surface area contributed by atoms with Crippen LogP contribution in [0.15, 0.2) is 89.3 Å². The average Bonchev–Trinajstić information content (AvgIpc) is 3.39. The molecule has 35 heavy (non-hydrogen) atoms. The highest BCUT2D eigenvalue weighted by molar-refractivity contribution is 7.89. The summed E-state index contributed by atoms with van der Waals surface area (Å²) in [4.78, 5) is 20.9. The number of nitrogens with zero attached hydrogens (tertiary/aromatic N) is 3. The van der Waals surface area contributed by atoms with Crippen molar-refractivity contribution >= 4 is 38.2 Å². The maximum Gasteiger partial charge on any atom is 0.245 e. The number of aromatic nitrogens is 1. The molecule has 4 aromatic rings. The second-order valence-corrected chi connectivity index (χ2v) is 11.3. The number of benzene rings is 2. The van der Waals surface area contributed by atoms with Gasteiger partial charge in [-0.15, -0.1) is 11.3 Å². The molecular formula is C27H29N3O3S2. The van der Waals surface area contributed by atoms with E-state index in [9.17, 15) is 13.2 Å². The Bertz CT molecular complexity index is 1370. The Morgan fingerprint density at radius 2 is 1.74 bits per heavy atom. The van der Waals surface area contributed by atoms with E-state index < -0.39 is 10.0 Å². The van der Waals surface area contributed by atoms with Gasteiger partial charge in [0.25, 0.3) is 0 Å². The number of sulfonamides is 1. The largest absolute Gasteiger partial charge is 0.332 e. The van der Waals surface area contributed by atoms with Gasteiger partial charge in [0, 0.05) is 29.0 Å². The number of amides is 1. The van der Waals surface area contributed by atoms with E-state index in [0.717, 1.165) is 15.8 Å². The van der Waals surface area contributed by atoms with E-state index in [2.05, 4.69) is 4.98 Å². The number of carbonyl (C=O) groups excluding carboxylic acids is 1. The highest BCUT2D eigenvalue weighted by Gasteiger charge is 2.33. The zero-order chi connectivity index (χ0) is 24.8. The number of thiophene rings is 1. The van der Waals surface area contributed by atoms with Gasteiger partial charge < -0.3 is 4.90 Å². The molecule has 1 amide bonds. The molecule has 0 radical (unpaired) electrons. The van der Waals surface area contributed by atoms with Gasteiger partial charge in [-0.1, -0.05) is 61.5 Å². The monoisotopic (exact) mass is 507 g/mol. The van der Waals surface area contributed by atoms with E-state index in [1.54, 1.807) is 40.6 Å². The zero-order valence-electron chi connectivity index (χ0n) is 19.9. The van der Waals surface area contributed by atoms with E-state index >= 15 is 0 Å². The minimum absolute atomic E-state index is 0.122. The normalized spacial score (nSPS) is 12.7. The van der Waals surface area contributed by atoms with Crippen LogP contribution >= 0.6 is 11.3 Å². The van der Waals surface area contributed by atoms with Gasteiger partial charge in [-0.3, -0.25) is 9.78 Å². The van der Waals surface area contributed by atoms with Crippen molar-refractivity contribution in [3.8, 4) is 0 Å². The van der Waals surface area contributed by atoms with Crippen LogP contribution in [0.4, 0.5) is 0 Å². The first kappa shape index (κ1) is 25.0. The van der Waals surface area contributed by atoms with Crippen LogP contribution in [0.5, 0.6) is 0 Å². The number of carbonyl (C=O) groups is 1. The Labute approximate surface area is 210 Å². The lowest BCUT2D eigenvalue weighted by Gasteiger charge is -2.30.